The molecule has 0 heterocycles. The number of rotatable bonds is 4. The van der Waals surface area contributed by atoms with Crippen molar-refractivity contribution in [3.8, 4) is 5.75 Å². The third-order valence-corrected chi connectivity index (χ3v) is 2.43. The average molecular weight is 236 g/mol. The fourth-order valence-corrected chi connectivity index (χ4v) is 1.70. The van der Waals surface area contributed by atoms with E-state index in [1.165, 1.54) is 7.11 Å². The van der Waals surface area contributed by atoms with Crippen molar-refractivity contribution >= 4 is 5.97 Å². The van der Waals surface area contributed by atoms with E-state index in [2.05, 4.69) is 0 Å². The minimum atomic E-state index is -0.343. The molecule has 3 nitrogen and oxygen atoms in total. The lowest BCUT2D eigenvalue weighted by molar-refractivity contribution is 0.0592. The van der Waals surface area contributed by atoms with Gasteiger partial charge in [-0.3, -0.25) is 0 Å². The van der Waals surface area contributed by atoms with Crippen LogP contribution in [0.3, 0.4) is 0 Å². The Hall–Kier alpha value is -1.51. The topological polar surface area (TPSA) is 35.5 Å². The lowest BCUT2D eigenvalue weighted by Gasteiger charge is -2.17. The zero-order valence-electron chi connectivity index (χ0n) is 11.1. The van der Waals surface area contributed by atoms with Crippen molar-refractivity contribution in [2.45, 2.75) is 39.7 Å². The summed E-state index contributed by atoms with van der Waals surface area (Å²) in [6.45, 7) is 7.95. The van der Waals surface area contributed by atoms with Gasteiger partial charge in [0.1, 0.15) is 11.3 Å². The zero-order chi connectivity index (χ0) is 13.0. The molecule has 0 aliphatic rings. The normalized spacial score (nSPS) is 10.8. The van der Waals surface area contributed by atoms with E-state index in [-0.39, 0.29) is 18.0 Å². The minimum absolute atomic E-state index is 0.0285. The maximum Gasteiger partial charge on any atom is 0.341 e. The van der Waals surface area contributed by atoms with E-state index in [1.807, 2.05) is 39.8 Å². The van der Waals surface area contributed by atoms with Gasteiger partial charge in [0.15, 0.2) is 0 Å². The summed E-state index contributed by atoms with van der Waals surface area (Å²) in [5.41, 5.74) is 1.49. The summed E-state index contributed by atoms with van der Waals surface area (Å²) in [5, 5.41) is 0. The second-order valence-corrected chi connectivity index (χ2v) is 4.53. The van der Waals surface area contributed by atoms with Crippen LogP contribution in [-0.2, 0) is 4.74 Å². The van der Waals surface area contributed by atoms with Crippen molar-refractivity contribution in [1.82, 2.24) is 0 Å². The van der Waals surface area contributed by atoms with Gasteiger partial charge in [-0.2, -0.15) is 0 Å². The van der Waals surface area contributed by atoms with Crippen LogP contribution in [0.5, 0.6) is 5.75 Å². The van der Waals surface area contributed by atoms with E-state index in [1.54, 1.807) is 6.07 Å². The van der Waals surface area contributed by atoms with Crippen LogP contribution in [0.1, 0.15) is 49.5 Å². The lowest BCUT2D eigenvalue weighted by atomic mass is 9.96. The molecule has 0 aromatic heterocycles. The number of ether oxygens (including phenoxy) is 2. The van der Waals surface area contributed by atoms with Crippen molar-refractivity contribution in [2.75, 3.05) is 7.11 Å². The van der Waals surface area contributed by atoms with Crippen molar-refractivity contribution < 1.29 is 14.3 Å². The van der Waals surface area contributed by atoms with Crippen LogP contribution in [-0.4, -0.2) is 19.2 Å². The molecule has 0 aliphatic heterocycles. The molecule has 94 valence electrons. The maximum absolute atomic E-state index is 11.8. The summed E-state index contributed by atoms with van der Waals surface area (Å²) in [7, 11) is 1.39. The van der Waals surface area contributed by atoms with Crippen LogP contribution in [0.15, 0.2) is 18.2 Å². The first-order valence-corrected chi connectivity index (χ1v) is 5.85. The van der Waals surface area contributed by atoms with Gasteiger partial charge in [-0.25, -0.2) is 4.79 Å². The molecule has 0 aliphatic carbocycles. The van der Waals surface area contributed by atoms with Crippen molar-refractivity contribution in [1.29, 1.82) is 0 Å². The molecule has 1 aromatic rings. The molecule has 3 heteroatoms. The highest BCUT2D eigenvalue weighted by molar-refractivity contribution is 5.94. The zero-order valence-corrected chi connectivity index (χ0v) is 11.1. The number of hydrogen-bond acceptors (Lipinski definition) is 3. The molecule has 0 atom stereocenters. The predicted molar refractivity (Wildman–Crippen MR) is 67.6 cm³/mol. The van der Waals surface area contributed by atoms with Crippen LogP contribution >= 0.6 is 0 Å². The van der Waals surface area contributed by atoms with Crippen LogP contribution in [0.2, 0.25) is 0 Å². The van der Waals surface area contributed by atoms with E-state index in [9.17, 15) is 4.79 Å². The monoisotopic (exact) mass is 236 g/mol. The summed E-state index contributed by atoms with van der Waals surface area (Å²) < 4.78 is 10.5. The molecule has 0 amide bonds. The Bertz CT molecular complexity index is 394. The third kappa shape index (κ3) is 3.22. The quantitative estimate of drug-likeness (QED) is 0.752. The van der Waals surface area contributed by atoms with E-state index in [4.69, 9.17) is 9.47 Å². The molecular weight excluding hydrogens is 216 g/mol. The molecule has 0 unspecified atom stereocenters. The van der Waals surface area contributed by atoms with E-state index < -0.39 is 0 Å². The largest absolute Gasteiger partial charge is 0.490 e. The van der Waals surface area contributed by atoms with E-state index in [0.717, 1.165) is 5.56 Å². The number of methoxy groups -OCH3 is 1. The molecule has 0 spiro atoms. The van der Waals surface area contributed by atoms with Gasteiger partial charge in [-0.05, 0) is 31.4 Å². The molecule has 17 heavy (non-hydrogen) atoms. The van der Waals surface area contributed by atoms with Gasteiger partial charge in [0.2, 0.25) is 0 Å². The second-order valence-electron chi connectivity index (χ2n) is 4.53. The highest BCUT2D eigenvalue weighted by atomic mass is 16.5. The Balaban J connectivity index is 3.29. The standard InChI is InChI=1S/C14H20O3/c1-9(2)11-7-6-8-12(17-10(3)4)13(11)14(15)16-5/h6-10H,1-5H3. The molecule has 0 saturated heterocycles. The van der Waals surface area contributed by atoms with Crippen molar-refractivity contribution in [3.05, 3.63) is 29.3 Å². The highest BCUT2D eigenvalue weighted by Gasteiger charge is 2.20. The summed E-state index contributed by atoms with van der Waals surface area (Å²) in [6.07, 6.45) is 0.0285. The Morgan fingerprint density at radius 3 is 2.29 bits per heavy atom. The molecule has 1 aromatic carbocycles. The van der Waals surface area contributed by atoms with Gasteiger partial charge < -0.3 is 9.47 Å². The second kappa shape index (κ2) is 5.71. The van der Waals surface area contributed by atoms with Gasteiger partial charge >= 0.3 is 5.97 Å². The molecule has 0 saturated carbocycles. The Morgan fingerprint density at radius 2 is 1.82 bits per heavy atom. The highest BCUT2D eigenvalue weighted by Crippen LogP contribution is 2.29. The number of esters is 1. The molecule has 0 radical (unpaired) electrons. The van der Waals surface area contributed by atoms with Gasteiger partial charge in [0.25, 0.3) is 0 Å². The van der Waals surface area contributed by atoms with Gasteiger partial charge in [0, 0.05) is 0 Å². The van der Waals surface area contributed by atoms with Crippen molar-refractivity contribution in [2.24, 2.45) is 0 Å². The van der Waals surface area contributed by atoms with E-state index >= 15 is 0 Å². The van der Waals surface area contributed by atoms with E-state index in [0.29, 0.717) is 11.3 Å². The van der Waals surface area contributed by atoms with Crippen molar-refractivity contribution in [3.63, 3.8) is 0 Å². The number of carbonyl (C=O) groups is 1. The molecule has 1 rings (SSSR count). The van der Waals surface area contributed by atoms with Crippen LogP contribution in [0, 0.1) is 0 Å². The molecule has 0 N–H and O–H groups in total. The number of hydrogen-bond donors (Lipinski definition) is 0. The van der Waals surface area contributed by atoms with Crippen LogP contribution in [0.4, 0.5) is 0 Å². The molecule has 0 bridgehead atoms. The van der Waals surface area contributed by atoms with Gasteiger partial charge in [-0.15, -0.1) is 0 Å². The van der Waals surface area contributed by atoms with Gasteiger partial charge in [-0.1, -0.05) is 26.0 Å². The summed E-state index contributed by atoms with van der Waals surface area (Å²) >= 11 is 0. The fourth-order valence-electron chi connectivity index (χ4n) is 1.70. The lowest BCUT2D eigenvalue weighted by Crippen LogP contribution is -2.13. The summed E-state index contributed by atoms with van der Waals surface area (Å²) in [6, 6.07) is 5.64. The van der Waals surface area contributed by atoms with Crippen LogP contribution < -0.4 is 4.74 Å². The molecule has 0 fully saturated rings. The fraction of sp³-hybridized carbons (Fsp3) is 0.500. The Morgan fingerprint density at radius 1 is 1.18 bits per heavy atom. The number of carbonyl (C=O) groups excluding carboxylic acids is 1. The third-order valence-electron chi connectivity index (χ3n) is 2.43. The first-order valence-electron chi connectivity index (χ1n) is 5.85. The first kappa shape index (κ1) is 13.6. The Labute approximate surface area is 103 Å². The summed E-state index contributed by atoms with van der Waals surface area (Å²) in [5.74, 6) is 0.503. The smallest absolute Gasteiger partial charge is 0.341 e. The van der Waals surface area contributed by atoms with Crippen LogP contribution in [0.25, 0.3) is 0 Å². The maximum atomic E-state index is 11.8. The predicted octanol–water partition coefficient (Wildman–Crippen LogP) is 3.38. The first-order chi connectivity index (χ1) is 7.97. The number of benzene rings is 1. The minimum Gasteiger partial charge on any atom is -0.490 e. The molecular formula is C14H20O3. The summed E-state index contributed by atoms with van der Waals surface area (Å²) in [4.78, 5) is 11.8. The Kier molecular flexibility index (Phi) is 4.55. The van der Waals surface area contributed by atoms with Gasteiger partial charge in [0.05, 0.1) is 13.2 Å². The average Bonchev–Trinajstić information content (AvgIpc) is 2.26. The SMILES string of the molecule is COC(=O)c1c(OC(C)C)cccc1C(C)C.